The zero-order valence-electron chi connectivity index (χ0n) is 14.8. The lowest BCUT2D eigenvalue weighted by Crippen LogP contribution is -2.27. The van der Waals surface area contributed by atoms with E-state index >= 15 is 0 Å². The third kappa shape index (κ3) is 6.66. The number of hydrogen-bond donors (Lipinski definition) is 1. The van der Waals surface area contributed by atoms with Gasteiger partial charge in [-0.15, -0.1) is 0 Å². The monoisotopic (exact) mass is 294 g/mol. The van der Waals surface area contributed by atoms with Crippen molar-refractivity contribution in [1.82, 2.24) is 10.2 Å². The van der Waals surface area contributed by atoms with E-state index in [1.54, 1.807) is 0 Å². The Labute approximate surface area is 131 Å². The fourth-order valence-electron chi connectivity index (χ4n) is 2.43. The molecule has 1 atom stereocenters. The summed E-state index contributed by atoms with van der Waals surface area (Å²) < 4.78 is 5.88. The summed E-state index contributed by atoms with van der Waals surface area (Å²) >= 11 is 0. The Morgan fingerprint density at radius 3 is 2.52 bits per heavy atom. The van der Waals surface area contributed by atoms with Gasteiger partial charge in [-0.3, -0.25) is 4.90 Å². The summed E-state index contributed by atoms with van der Waals surface area (Å²) in [6.07, 6.45) is 1.24. The largest absolute Gasteiger partial charge is 0.465 e. The van der Waals surface area contributed by atoms with Crippen LogP contribution in [0.5, 0.6) is 0 Å². The van der Waals surface area contributed by atoms with Crippen LogP contribution in [-0.4, -0.2) is 24.5 Å². The van der Waals surface area contributed by atoms with Crippen molar-refractivity contribution in [3.05, 3.63) is 23.2 Å². The third-order valence-corrected chi connectivity index (χ3v) is 4.03. The minimum absolute atomic E-state index is 0.673. The smallest absolute Gasteiger partial charge is 0.118 e. The van der Waals surface area contributed by atoms with Gasteiger partial charge < -0.3 is 9.73 Å². The average Bonchev–Trinajstić information content (AvgIpc) is 2.77. The number of hydrogen-bond acceptors (Lipinski definition) is 3. The third-order valence-electron chi connectivity index (χ3n) is 4.03. The van der Waals surface area contributed by atoms with Crippen molar-refractivity contribution in [2.75, 3.05) is 19.6 Å². The van der Waals surface area contributed by atoms with Gasteiger partial charge in [0.2, 0.25) is 0 Å². The van der Waals surface area contributed by atoms with E-state index < -0.39 is 0 Å². The van der Waals surface area contributed by atoms with E-state index in [0.29, 0.717) is 5.92 Å². The Balaban J connectivity index is 2.55. The first-order valence-corrected chi connectivity index (χ1v) is 8.47. The molecule has 0 saturated heterocycles. The van der Waals surface area contributed by atoms with Gasteiger partial charge in [-0.05, 0) is 37.9 Å². The summed E-state index contributed by atoms with van der Waals surface area (Å²) in [5.74, 6) is 3.55. The standard InChI is InChI=1S/C18H34N2O/c1-7-15(5)12-20(8-2)13-17-9-18(21-16(17)6)11-19-10-14(3)4/h9,14-15,19H,7-8,10-13H2,1-6H3. The van der Waals surface area contributed by atoms with Crippen molar-refractivity contribution in [3.63, 3.8) is 0 Å². The molecule has 1 heterocycles. The van der Waals surface area contributed by atoms with Gasteiger partial charge in [0, 0.05) is 18.7 Å². The number of nitrogens with one attached hydrogen (secondary N) is 1. The molecular weight excluding hydrogens is 260 g/mol. The zero-order chi connectivity index (χ0) is 15.8. The summed E-state index contributed by atoms with van der Waals surface area (Å²) in [6, 6.07) is 2.22. The first-order chi connectivity index (χ1) is 9.96. The van der Waals surface area contributed by atoms with E-state index in [9.17, 15) is 0 Å². The van der Waals surface area contributed by atoms with E-state index in [4.69, 9.17) is 4.42 Å². The second kappa shape index (κ2) is 9.26. The highest BCUT2D eigenvalue weighted by molar-refractivity contribution is 5.20. The van der Waals surface area contributed by atoms with Gasteiger partial charge >= 0.3 is 0 Å². The minimum Gasteiger partial charge on any atom is -0.465 e. The van der Waals surface area contributed by atoms with Crippen LogP contribution in [0.3, 0.4) is 0 Å². The molecule has 1 aromatic rings. The first kappa shape index (κ1) is 18.2. The summed E-state index contributed by atoms with van der Waals surface area (Å²) in [6.45, 7) is 18.5. The summed E-state index contributed by atoms with van der Waals surface area (Å²) in [5, 5.41) is 3.44. The van der Waals surface area contributed by atoms with Crippen LogP contribution < -0.4 is 5.32 Å². The van der Waals surface area contributed by atoms with Crippen LogP contribution in [0.25, 0.3) is 0 Å². The predicted molar refractivity (Wildman–Crippen MR) is 90.4 cm³/mol. The summed E-state index contributed by atoms with van der Waals surface area (Å²) in [7, 11) is 0. The molecule has 1 aromatic heterocycles. The molecule has 1 N–H and O–H groups in total. The Kier molecular flexibility index (Phi) is 8.05. The topological polar surface area (TPSA) is 28.4 Å². The van der Waals surface area contributed by atoms with Crippen LogP contribution in [-0.2, 0) is 13.1 Å². The van der Waals surface area contributed by atoms with Crippen LogP contribution in [0.2, 0.25) is 0 Å². The van der Waals surface area contributed by atoms with Gasteiger partial charge in [-0.25, -0.2) is 0 Å². The molecule has 0 amide bonds. The van der Waals surface area contributed by atoms with Crippen molar-refractivity contribution < 1.29 is 4.42 Å². The Hall–Kier alpha value is -0.800. The lowest BCUT2D eigenvalue weighted by molar-refractivity contribution is 0.237. The maximum Gasteiger partial charge on any atom is 0.118 e. The Bertz CT molecular complexity index is 398. The average molecular weight is 294 g/mol. The maximum absolute atomic E-state index is 5.88. The van der Waals surface area contributed by atoms with E-state index in [-0.39, 0.29) is 0 Å². The summed E-state index contributed by atoms with van der Waals surface area (Å²) in [5.41, 5.74) is 1.33. The van der Waals surface area contributed by atoms with Gasteiger partial charge in [0.1, 0.15) is 11.5 Å². The van der Waals surface area contributed by atoms with Crippen molar-refractivity contribution in [1.29, 1.82) is 0 Å². The van der Waals surface area contributed by atoms with Crippen LogP contribution in [0.4, 0.5) is 0 Å². The van der Waals surface area contributed by atoms with Gasteiger partial charge in [-0.2, -0.15) is 0 Å². The quantitative estimate of drug-likeness (QED) is 0.701. The molecule has 0 fully saturated rings. The molecule has 1 unspecified atom stereocenters. The second-order valence-corrected chi connectivity index (χ2v) is 6.66. The van der Waals surface area contributed by atoms with Gasteiger partial charge in [-0.1, -0.05) is 41.0 Å². The highest BCUT2D eigenvalue weighted by atomic mass is 16.3. The van der Waals surface area contributed by atoms with Crippen molar-refractivity contribution in [2.45, 2.75) is 61.1 Å². The SMILES string of the molecule is CCC(C)CN(CC)Cc1cc(CNCC(C)C)oc1C. The van der Waals surface area contributed by atoms with Crippen LogP contribution in [0, 0.1) is 18.8 Å². The molecule has 0 aliphatic heterocycles. The van der Waals surface area contributed by atoms with Crippen LogP contribution in [0.15, 0.2) is 10.5 Å². The summed E-state index contributed by atoms with van der Waals surface area (Å²) in [4.78, 5) is 2.51. The fourth-order valence-corrected chi connectivity index (χ4v) is 2.43. The number of aryl methyl sites for hydroxylation is 1. The Morgan fingerprint density at radius 1 is 1.24 bits per heavy atom. The highest BCUT2D eigenvalue weighted by Gasteiger charge is 2.13. The first-order valence-electron chi connectivity index (χ1n) is 8.47. The van der Waals surface area contributed by atoms with E-state index in [1.807, 2.05) is 0 Å². The molecule has 0 bridgehead atoms. The number of nitrogens with zero attached hydrogens (tertiary/aromatic N) is 1. The van der Waals surface area contributed by atoms with Gasteiger partial charge in [0.05, 0.1) is 6.54 Å². The zero-order valence-corrected chi connectivity index (χ0v) is 14.8. The molecule has 0 aromatic carbocycles. The minimum atomic E-state index is 0.673. The predicted octanol–water partition coefficient (Wildman–Crippen LogP) is 4.20. The lowest BCUT2D eigenvalue weighted by Gasteiger charge is -2.23. The molecule has 0 spiro atoms. The van der Waals surface area contributed by atoms with Gasteiger partial charge in [0.25, 0.3) is 0 Å². The molecule has 21 heavy (non-hydrogen) atoms. The normalized spacial score (nSPS) is 13.3. The number of rotatable bonds is 10. The van der Waals surface area contributed by atoms with E-state index in [1.165, 1.54) is 18.5 Å². The molecule has 122 valence electrons. The highest BCUT2D eigenvalue weighted by Crippen LogP contribution is 2.18. The van der Waals surface area contributed by atoms with Crippen LogP contribution >= 0.6 is 0 Å². The maximum atomic E-state index is 5.88. The molecule has 0 radical (unpaired) electrons. The number of furan rings is 1. The van der Waals surface area contributed by atoms with Gasteiger partial charge in [0.15, 0.2) is 0 Å². The second-order valence-electron chi connectivity index (χ2n) is 6.66. The Morgan fingerprint density at radius 2 is 1.95 bits per heavy atom. The molecule has 1 rings (SSSR count). The molecule has 0 saturated carbocycles. The van der Waals surface area contributed by atoms with Crippen molar-refractivity contribution >= 4 is 0 Å². The van der Waals surface area contributed by atoms with E-state index in [2.05, 4.69) is 57.8 Å². The molecule has 3 nitrogen and oxygen atoms in total. The van der Waals surface area contributed by atoms with Crippen LogP contribution in [0.1, 0.15) is 58.1 Å². The molecule has 3 heteroatoms. The van der Waals surface area contributed by atoms with Crippen molar-refractivity contribution in [2.24, 2.45) is 11.8 Å². The molecule has 0 aliphatic rings. The van der Waals surface area contributed by atoms with E-state index in [0.717, 1.165) is 43.6 Å². The lowest BCUT2D eigenvalue weighted by atomic mass is 10.1. The molecular formula is C18H34N2O. The fraction of sp³-hybridized carbons (Fsp3) is 0.778. The molecule has 0 aliphatic carbocycles. The van der Waals surface area contributed by atoms with Crippen molar-refractivity contribution in [3.8, 4) is 0 Å².